The van der Waals surface area contributed by atoms with Crippen LogP contribution in [-0.2, 0) is 28.6 Å². The van der Waals surface area contributed by atoms with Gasteiger partial charge in [0.15, 0.2) is 6.10 Å². The van der Waals surface area contributed by atoms with Gasteiger partial charge in [0, 0.05) is 19.3 Å². The predicted molar refractivity (Wildman–Crippen MR) is 288 cm³/mol. The second-order valence-electron chi connectivity index (χ2n) is 18.6. The zero-order valence-electron chi connectivity index (χ0n) is 43.9. The van der Waals surface area contributed by atoms with E-state index in [1.54, 1.807) is 0 Å². The Hall–Kier alpha value is -3.41. The highest BCUT2D eigenvalue weighted by molar-refractivity contribution is 5.71. The molecule has 6 nitrogen and oxygen atoms in total. The summed E-state index contributed by atoms with van der Waals surface area (Å²) in [4.78, 5) is 38.1. The summed E-state index contributed by atoms with van der Waals surface area (Å²) >= 11 is 0. The molecule has 0 bridgehead atoms. The topological polar surface area (TPSA) is 78.9 Å². The number of unbranched alkanes of at least 4 members (excludes halogenated alkanes) is 29. The van der Waals surface area contributed by atoms with Gasteiger partial charge in [-0.25, -0.2) is 0 Å². The molecule has 0 aliphatic rings. The molecule has 0 rings (SSSR count). The smallest absolute Gasteiger partial charge is 0.306 e. The van der Waals surface area contributed by atoms with Crippen molar-refractivity contribution in [3.63, 3.8) is 0 Å². The van der Waals surface area contributed by atoms with Gasteiger partial charge in [0.25, 0.3) is 0 Å². The lowest BCUT2D eigenvalue weighted by atomic mass is 10.1. The van der Waals surface area contributed by atoms with Crippen molar-refractivity contribution in [2.45, 2.75) is 271 Å². The van der Waals surface area contributed by atoms with E-state index in [-0.39, 0.29) is 31.1 Å². The summed E-state index contributed by atoms with van der Waals surface area (Å²) in [5.74, 6) is -0.912. The van der Waals surface area contributed by atoms with Crippen molar-refractivity contribution in [2.75, 3.05) is 13.2 Å². The van der Waals surface area contributed by atoms with Crippen LogP contribution in [0.1, 0.15) is 265 Å². The Balaban J connectivity index is 4.39. The molecule has 1 unspecified atom stereocenters. The van der Waals surface area contributed by atoms with Crippen molar-refractivity contribution in [3.8, 4) is 0 Å². The van der Waals surface area contributed by atoms with Crippen molar-refractivity contribution in [2.24, 2.45) is 0 Å². The van der Waals surface area contributed by atoms with Crippen LogP contribution in [0.15, 0.2) is 85.1 Å². The molecule has 0 heterocycles. The van der Waals surface area contributed by atoms with Gasteiger partial charge in [0.2, 0.25) is 0 Å². The molecule has 0 aromatic carbocycles. The summed E-state index contributed by atoms with van der Waals surface area (Å²) in [6.07, 6.45) is 71.4. The van der Waals surface area contributed by atoms with Crippen LogP contribution in [0.4, 0.5) is 0 Å². The van der Waals surface area contributed by atoms with Crippen molar-refractivity contribution in [3.05, 3.63) is 85.1 Å². The lowest BCUT2D eigenvalue weighted by Gasteiger charge is -2.18. The van der Waals surface area contributed by atoms with Crippen molar-refractivity contribution < 1.29 is 28.6 Å². The normalized spacial score (nSPS) is 12.7. The monoisotopic (exact) mass is 933 g/mol. The Morgan fingerprint density at radius 1 is 0.313 bits per heavy atom. The van der Waals surface area contributed by atoms with Crippen LogP contribution in [-0.4, -0.2) is 37.2 Å². The first-order valence-corrected chi connectivity index (χ1v) is 28.2. The van der Waals surface area contributed by atoms with Crippen molar-refractivity contribution in [1.29, 1.82) is 0 Å². The maximum atomic E-state index is 12.8. The molecule has 0 radical (unpaired) electrons. The third-order valence-corrected chi connectivity index (χ3v) is 12.0. The highest BCUT2D eigenvalue weighted by Crippen LogP contribution is 2.15. The molecular weight excluding hydrogens is 829 g/mol. The molecule has 384 valence electrons. The van der Waals surface area contributed by atoms with Crippen molar-refractivity contribution in [1.82, 2.24) is 0 Å². The number of rotatable bonds is 50. The van der Waals surface area contributed by atoms with Gasteiger partial charge in [-0.05, 0) is 83.5 Å². The molecule has 0 spiro atoms. The van der Waals surface area contributed by atoms with Crippen LogP contribution in [0.3, 0.4) is 0 Å². The number of allylic oxidation sites excluding steroid dienone is 14. The largest absolute Gasteiger partial charge is 0.462 e. The van der Waals surface area contributed by atoms with Gasteiger partial charge in [0.1, 0.15) is 13.2 Å². The molecule has 0 aromatic rings. The molecule has 0 fully saturated rings. The molecule has 0 aliphatic heterocycles. The van der Waals surface area contributed by atoms with E-state index in [0.717, 1.165) is 83.5 Å². The third-order valence-electron chi connectivity index (χ3n) is 12.0. The van der Waals surface area contributed by atoms with Gasteiger partial charge in [0.05, 0.1) is 0 Å². The minimum absolute atomic E-state index is 0.0877. The van der Waals surface area contributed by atoms with E-state index in [4.69, 9.17) is 14.2 Å². The Morgan fingerprint density at radius 3 is 0.940 bits per heavy atom. The molecule has 6 heteroatoms. The first-order chi connectivity index (χ1) is 33.0. The van der Waals surface area contributed by atoms with Gasteiger partial charge >= 0.3 is 17.9 Å². The van der Waals surface area contributed by atoms with Gasteiger partial charge in [-0.15, -0.1) is 0 Å². The maximum absolute atomic E-state index is 12.8. The van der Waals surface area contributed by atoms with E-state index >= 15 is 0 Å². The van der Waals surface area contributed by atoms with Crippen LogP contribution >= 0.6 is 0 Å². The van der Waals surface area contributed by atoms with E-state index in [1.165, 1.54) is 141 Å². The Bertz CT molecular complexity index is 1300. The van der Waals surface area contributed by atoms with Gasteiger partial charge in [-0.2, -0.15) is 0 Å². The average Bonchev–Trinajstić information content (AvgIpc) is 3.33. The van der Waals surface area contributed by atoms with Crippen LogP contribution in [0, 0.1) is 0 Å². The van der Waals surface area contributed by atoms with Gasteiger partial charge < -0.3 is 14.2 Å². The van der Waals surface area contributed by atoms with E-state index in [1.807, 2.05) is 0 Å². The van der Waals surface area contributed by atoms with E-state index in [9.17, 15) is 14.4 Å². The standard InChI is InChI=1S/C61H104O6/c1-4-7-10-13-16-19-22-25-28-29-30-31-34-36-39-42-45-48-51-54-60(63)66-57-58(67-61(64)55-52-49-46-43-40-37-33-27-24-21-18-15-12-9-6-3)56-65-59(62)53-50-47-44-41-38-35-32-26-23-20-17-14-11-8-5-2/h8-9,11-12,14-15,17-18,20-21,23-24,29-30,58H,4-7,10,13,16,19,22,25-28,31-57H2,1-3H3/b11-8-,12-9-,17-14-,18-15-,23-20-,24-21-,30-29-. The molecule has 67 heavy (non-hydrogen) atoms. The molecule has 0 saturated carbocycles. The molecular formula is C61H104O6. The van der Waals surface area contributed by atoms with Gasteiger partial charge in [-0.3, -0.25) is 14.4 Å². The quantitative estimate of drug-likeness (QED) is 0.0199. The number of carbonyl (C=O) groups excluding carboxylic acids is 3. The molecule has 0 aliphatic carbocycles. The maximum Gasteiger partial charge on any atom is 0.306 e. The molecule has 0 aromatic heterocycles. The van der Waals surface area contributed by atoms with Crippen LogP contribution in [0.5, 0.6) is 0 Å². The summed E-state index contributed by atoms with van der Waals surface area (Å²) in [5.41, 5.74) is 0. The van der Waals surface area contributed by atoms with Crippen LogP contribution in [0.25, 0.3) is 0 Å². The highest BCUT2D eigenvalue weighted by atomic mass is 16.6. The molecule has 0 N–H and O–H groups in total. The average molecular weight is 933 g/mol. The molecule has 0 saturated heterocycles. The summed E-state index contributed by atoms with van der Waals surface area (Å²) in [6, 6.07) is 0. The molecule has 1 atom stereocenters. The number of hydrogen-bond donors (Lipinski definition) is 0. The summed E-state index contributed by atoms with van der Waals surface area (Å²) < 4.78 is 16.8. The SMILES string of the molecule is CC\C=C/C=C\C=C/CCCCCCCCCC(=O)OCC(COC(=O)CCCCCCCCC/C=C\CCCCCCCCCC)OC(=O)CCCCCCCCC\C=C/C=C\C=C/CC. The number of esters is 3. The second kappa shape index (κ2) is 55.2. The number of carbonyl (C=O) groups is 3. The Kier molecular flexibility index (Phi) is 52.4. The Morgan fingerprint density at radius 2 is 0.597 bits per heavy atom. The summed E-state index contributed by atoms with van der Waals surface area (Å²) in [5, 5.41) is 0. The lowest BCUT2D eigenvalue weighted by Crippen LogP contribution is -2.30. The number of hydrogen-bond acceptors (Lipinski definition) is 6. The first kappa shape index (κ1) is 63.6. The van der Waals surface area contributed by atoms with Crippen molar-refractivity contribution >= 4 is 17.9 Å². The van der Waals surface area contributed by atoms with E-state index in [2.05, 4.69) is 106 Å². The minimum Gasteiger partial charge on any atom is -0.462 e. The second-order valence-corrected chi connectivity index (χ2v) is 18.6. The number of ether oxygens (including phenoxy) is 3. The summed E-state index contributed by atoms with van der Waals surface area (Å²) in [7, 11) is 0. The van der Waals surface area contributed by atoms with E-state index < -0.39 is 6.10 Å². The summed E-state index contributed by atoms with van der Waals surface area (Å²) in [6.45, 7) is 6.37. The zero-order chi connectivity index (χ0) is 48.6. The third kappa shape index (κ3) is 53.4. The zero-order valence-corrected chi connectivity index (χ0v) is 43.9. The first-order valence-electron chi connectivity index (χ1n) is 28.2. The molecule has 0 amide bonds. The van der Waals surface area contributed by atoms with Crippen LogP contribution in [0.2, 0.25) is 0 Å². The predicted octanol–water partition coefficient (Wildman–Crippen LogP) is 18.8. The minimum atomic E-state index is -0.790. The van der Waals surface area contributed by atoms with E-state index in [0.29, 0.717) is 19.3 Å². The highest BCUT2D eigenvalue weighted by Gasteiger charge is 2.19. The van der Waals surface area contributed by atoms with Gasteiger partial charge in [-0.1, -0.05) is 247 Å². The fourth-order valence-electron chi connectivity index (χ4n) is 7.79. The fraction of sp³-hybridized carbons (Fsp3) is 0.721. The fourth-order valence-corrected chi connectivity index (χ4v) is 7.79. The lowest BCUT2D eigenvalue weighted by molar-refractivity contribution is -0.167. The van der Waals surface area contributed by atoms with Crippen LogP contribution < -0.4 is 0 Å². The Labute approximate surface area is 414 Å².